The fraction of sp³-hybridized carbons (Fsp3) is 0.0769. The van der Waals surface area contributed by atoms with E-state index >= 15 is 0 Å². The summed E-state index contributed by atoms with van der Waals surface area (Å²) in [5.41, 5.74) is 7.00. The van der Waals surface area contributed by atoms with Gasteiger partial charge in [-0.15, -0.1) is 0 Å². The van der Waals surface area contributed by atoms with E-state index in [1.807, 2.05) is 0 Å². The number of pyridine rings is 1. The molecule has 0 aliphatic heterocycles. The third-order valence-corrected chi connectivity index (χ3v) is 3.11. The Balaban J connectivity index is 2.68. The molecule has 0 saturated heterocycles. The molecule has 0 fully saturated rings. The molecule has 1 aromatic heterocycles. The summed E-state index contributed by atoms with van der Waals surface area (Å²) in [6, 6.07) is 6.41. The number of halogens is 2. The molecule has 1 heterocycles. The van der Waals surface area contributed by atoms with Gasteiger partial charge in [-0.1, -0.05) is 23.2 Å². The Kier molecular flexibility index (Phi) is 3.93. The molecular weight excluding hydrogens is 287 g/mol. The van der Waals surface area contributed by atoms with Gasteiger partial charge in [0.2, 0.25) is 0 Å². The number of carbonyl (C=O) groups is 1. The van der Waals surface area contributed by atoms with E-state index in [-0.39, 0.29) is 5.82 Å². The number of esters is 1. The van der Waals surface area contributed by atoms with Gasteiger partial charge in [-0.05, 0) is 24.3 Å². The predicted octanol–water partition coefficient (Wildman–Crippen LogP) is 3.42. The number of nitrogen functional groups attached to an aromatic ring is 1. The van der Waals surface area contributed by atoms with Crippen molar-refractivity contribution in [2.75, 3.05) is 12.8 Å². The topological polar surface area (TPSA) is 65.2 Å². The summed E-state index contributed by atoms with van der Waals surface area (Å²) >= 11 is 12.1. The number of hydrogen-bond donors (Lipinski definition) is 1. The van der Waals surface area contributed by atoms with E-state index in [9.17, 15) is 4.79 Å². The minimum atomic E-state index is -0.514. The number of anilines is 1. The summed E-state index contributed by atoms with van der Waals surface area (Å²) in [6.45, 7) is 0. The molecule has 1 aromatic carbocycles. The van der Waals surface area contributed by atoms with Crippen LogP contribution in [0.4, 0.5) is 5.82 Å². The van der Waals surface area contributed by atoms with Crippen LogP contribution in [0, 0.1) is 0 Å². The summed E-state index contributed by atoms with van der Waals surface area (Å²) in [4.78, 5) is 15.7. The van der Waals surface area contributed by atoms with E-state index < -0.39 is 5.97 Å². The fourth-order valence-corrected chi connectivity index (χ4v) is 2.06. The third-order valence-electron chi connectivity index (χ3n) is 2.55. The Hall–Kier alpha value is -1.78. The molecule has 0 unspecified atom stereocenters. The molecule has 0 radical (unpaired) electrons. The van der Waals surface area contributed by atoms with Crippen molar-refractivity contribution in [3.8, 4) is 11.1 Å². The van der Waals surface area contributed by atoms with Crippen LogP contribution in [0.25, 0.3) is 11.1 Å². The zero-order valence-corrected chi connectivity index (χ0v) is 11.5. The number of nitrogens with zero attached hydrogens (tertiary/aromatic N) is 1. The van der Waals surface area contributed by atoms with Crippen LogP contribution in [0.1, 0.15) is 10.4 Å². The van der Waals surface area contributed by atoms with Crippen LogP contribution in [0.2, 0.25) is 10.0 Å². The van der Waals surface area contributed by atoms with Crippen LogP contribution < -0.4 is 5.73 Å². The number of aromatic nitrogens is 1. The maximum atomic E-state index is 11.8. The van der Waals surface area contributed by atoms with E-state index in [4.69, 9.17) is 33.7 Å². The lowest BCUT2D eigenvalue weighted by Gasteiger charge is -2.10. The maximum absolute atomic E-state index is 11.8. The van der Waals surface area contributed by atoms with Gasteiger partial charge >= 0.3 is 5.97 Å². The van der Waals surface area contributed by atoms with Crippen molar-refractivity contribution in [3.05, 3.63) is 46.1 Å². The Labute approximate surface area is 120 Å². The number of nitrogens with two attached hydrogens (primary N) is 1. The smallest absolute Gasteiger partial charge is 0.338 e. The van der Waals surface area contributed by atoms with Crippen molar-refractivity contribution in [3.63, 3.8) is 0 Å². The molecule has 4 nitrogen and oxygen atoms in total. The standard InChI is InChI=1S/C13H10Cl2N2O2/c1-19-13(18)9-5-12(16)17-6-10(9)8-4-7(14)2-3-11(8)15/h2-6H,1H3,(H2,16,17). The second-order valence-electron chi connectivity index (χ2n) is 3.77. The lowest BCUT2D eigenvalue weighted by Crippen LogP contribution is -2.06. The monoisotopic (exact) mass is 296 g/mol. The molecule has 0 atom stereocenters. The number of ether oxygens (including phenoxy) is 1. The van der Waals surface area contributed by atoms with Gasteiger partial charge in [0.25, 0.3) is 0 Å². The van der Waals surface area contributed by atoms with Crippen molar-refractivity contribution in [1.82, 2.24) is 4.98 Å². The zero-order chi connectivity index (χ0) is 14.0. The molecule has 98 valence electrons. The van der Waals surface area contributed by atoms with Gasteiger partial charge in [0.05, 0.1) is 12.7 Å². The summed E-state index contributed by atoms with van der Waals surface area (Å²) in [7, 11) is 1.29. The molecule has 2 N–H and O–H groups in total. The molecule has 2 rings (SSSR count). The first-order chi connectivity index (χ1) is 9.02. The Morgan fingerprint density at radius 1 is 1.26 bits per heavy atom. The van der Waals surface area contributed by atoms with Gasteiger partial charge < -0.3 is 10.5 Å². The van der Waals surface area contributed by atoms with E-state index in [0.717, 1.165) is 0 Å². The molecule has 0 aliphatic carbocycles. The molecule has 0 spiro atoms. The van der Waals surface area contributed by atoms with E-state index in [1.54, 1.807) is 18.2 Å². The van der Waals surface area contributed by atoms with Gasteiger partial charge in [0.1, 0.15) is 5.82 Å². The van der Waals surface area contributed by atoms with Gasteiger partial charge in [-0.2, -0.15) is 0 Å². The first kappa shape index (κ1) is 13.6. The first-order valence-corrected chi connectivity index (χ1v) is 6.07. The highest BCUT2D eigenvalue weighted by molar-refractivity contribution is 6.35. The van der Waals surface area contributed by atoms with Crippen LogP contribution in [0.5, 0.6) is 0 Å². The molecule has 0 amide bonds. The van der Waals surface area contributed by atoms with Gasteiger partial charge in [-0.25, -0.2) is 9.78 Å². The zero-order valence-electron chi connectivity index (χ0n) is 9.98. The second kappa shape index (κ2) is 5.47. The minimum absolute atomic E-state index is 0.224. The van der Waals surface area contributed by atoms with Gasteiger partial charge in [-0.3, -0.25) is 0 Å². The van der Waals surface area contributed by atoms with Crippen LogP contribution in [-0.4, -0.2) is 18.1 Å². The molecule has 19 heavy (non-hydrogen) atoms. The Bertz CT molecular complexity index is 645. The highest BCUT2D eigenvalue weighted by Gasteiger charge is 2.16. The highest BCUT2D eigenvalue weighted by atomic mass is 35.5. The van der Waals surface area contributed by atoms with E-state index in [0.29, 0.717) is 26.7 Å². The molecule has 2 aromatic rings. The van der Waals surface area contributed by atoms with Crippen molar-refractivity contribution in [2.45, 2.75) is 0 Å². The fourth-order valence-electron chi connectivity index (χ4n) is 1.67. The van der Waals surface area contributed by atoms with Crippen LogP contribution in [0.15, 0.2) is 30.5 Å². The Morgan fingerprint density at radius 2 is 2.00 bits per heavy atom. The van der Waals surface area contributed by atoms with Crippen LogP contribution >= 0.6 is 23.2 Å². The van der Waals surface area contributed by atoms with Crippen molar-refractivity contribution >= 4 is 35.0 Å². The van der Waals surface area contributed by atoms with Crippen LogP contribution in [0.3, 0.4) is 0 Å². The van der Waals surface area contributed by atoms with Crippen molar-refractivity contribution in [1.29, 1.82) is 0 Å². The van der Waals surface area contributed by atoms with Crippen molar-refractivity contribution in [2.24, 2.45) is 0 Å². The highest BCUT2D eigenvalue weighted by Crippen LogP contribution is 2.33. The summed E-state index contributed by atoms with van der Waals surface area (Å²) < 4.78 is 4.73. The Morgan fingerprint density at radius 3 is 2.68 bits per heavy atom. The predicted molar refractivity (Wildman–Crippen MR) is 75.4 cm³/mol. The minimum Gasteiger partial charge on any atom is -0.465 e. The molecular formula is C13H10Cl2N2O2. The molecule has 0 bridgehead atoms. The number of benzene rings is 1. The van der Waals surface area contributed by atoms with Crippen LogP contribution in [-0.2, 0) is 4.74 Å². The third kappa shape index (κ3) is 2.80. The van der Waals surface area contributed by atoms with E-state index in [1.165, 1.54) is 19.4 Å². The number of methoxy groups -OCH3 is 1. The quantitative estimate of drug-likeness (QED) is 0.862. The van der Waals surface area contributed by atoms with Crippen molar-refractivity contribution < 1.29 is 9.53 Å². The summed E-state index contributed by atoms with van der Waals surface area (Å²) in [6.07, 6.45) is 1.47. The lowest BCUT2D eigenvalue weighted by molar-refractivity contribution is 0.0601. The molecule has 0 aliphatic rings. The molecule has 6 heteroatoms. The summed E-state index contributed by atoms with van der Waals surface area (Å²) in [5.74, 6) is -0.289. The average molecular weight is 297 g/mol. The SMILES string of the molecule is COC(=O)c1cc(N)ncc1-c1cc(Cl)ccc1Cl. The second-order valence-corrected chi connectivity index (χ2v) is 4.61. The lowest BCUT2D eigenvalue weighted by atomic mass is 10.0. The molecule has 0 saturated carbocycles. The van der Waals surface area contributed by atoms with E-state index in [2.05, 4.69) is 4.98 Å². The normalized spacial score (nSPS) is 10.3. The van der Waals surface area contributed by atoms with Gasteiger partial charge in [0.15, 0.2) is 0 Å². The largest absolute Gasteiger partial charge is 0.465 e. The number of hydrogen-bond acceptors (Lipinski definition) is 4. The average Bonchev–Trinajstić information content (AvgIpc) is 2.41. The maximum Gasteiger partial charge on any atom is 0.338 e. The number of carbonyl (C=O) groups excluding carboxylic acids is 1. The van der Waals surface area contributed by atoms with Gasteiger partial charge in [0, 0.05) is 27.4 Å². The first-order valence-electron chi connectivity index (χ1n) is 5.32. The number of rotatable bonds is 2. The summed E-state index contributed by atoms with van der Waals surface area (Å²) in [5, 5.41) is 0.966.